The molecule has 0 heterocycles. The maximum atomic E-state index is 11.2. The molecule has 1 rings (SSSR count). The van der Waals surface area contributed by atoms with Gasteiger partial charge in [-0.05, 0) is 24.6 Å². The summed E-state index contributed by atoms with van der Waals surface area (Å²) in [6.45, 7) is 5.80. The van der Waals surface area contributed by atoms with Crippen molar-refractivity contribution in [1.29, 1.82) is 0 Å². The monoisotopic (exact) mass is 261 g/mol. The van der Waals surface area contributed by atoms with Crippen molar-refractivity contribution in [2.24, 2.45) is 5.73 Å². The lowest BCUT2D eigenvalue weighted by Crippen LogP contribution is -2.19. The van der Waals surface area contributed by atoms with Crippen LogP contribution in [0.1, 0.15) is 32.3 Å². The van der Waals surface area contributed by atoms with Crippen molar-refractivity contribution < 1.29 is 4.79 Å². The van der Waals surface area contributed by atoms with Crippen molar-refractivity contribution >= 4 is 29.0 Å². The second-order valence-corrected chi connectivity index (χ2v) is 3.89. The van der Waals surface area contributed by atoms with Crippen molar-refractivity contribution in [3.63, 3.8) is 0 Å². The molecule has 1 aromatic rings. The highest BCUT2D eigenvalue weighted by molar-refractivity contribution is 6.42. The van der Waals surface area contributed by atoms with Gasteiger partial charge in [0.15, 0.2) is 0 Å². The molecule has 2 nitrogen and oxygen atoms in total. The molecule has 1 aromatic carbocycles. The molecule has 1 atom stereocenters. The van der Waals surface area contributed by atoms with E-state index in [4.69, 9.17) is 28.9 Å². The molecule has 0 aromatic heterocycles. The summed E-state index contributed by atoms with van der Waals surface area (Å²) in [5.41, 5.74) is 6.31. The number of carbonyl (C=O) groups excluding carboxylic acids is 1. The van der Waals surface area contributed by atoms with E-state index in [2.05, 4.69) is 0 Å². The van der Waals surface area contributed by atoms with Crippen molar-refractivity contribution in [3.8, 4) is 0 Å². The summed E-state index contributed by atoms with van der Waals surface area (Å²) in [6, 6.07) is 5.13. The molecule has 0 aliphatic heterocycles. The summed E-state index contributed by atoms with van der Waals surface area (Å²) in [5, 5.41) is 0.929. The van der Waals surface area contributed by atoms with E-state index in [0.717, 1.165) is 5.56 Å². The van der Waals surface area contributed by atoms with Gasteiger partial charge in [-0.3, -0.25) is 4.79 Å². The molecule has 0 bridgehead atoms. The first kappa shape index (κ1) is 15.4. The molecule has 16 heavy (non-hydrogen) atoms. The average molecular weight is 262 g/mol. The largest absolute Gasteiger partial charge is 0.329 e. The van der Waals surface area contributed by atoms with Gasteiger partial charge in [0.05, 0.1) is 16.0 Å². The summed E-state index contributed by atoms with van der Waals surface area (Å²) >= 11 is 11.6. The lowest BCUT2D eigenvalue weighted by atomic mass is 9.96. The third-order valence-electron chi connectivity index (χ3n) is 2.07. The normalized spacial score (nSPS) is 11.4. The predicted octanol–water partition coefficient (Wildman–Crippen LogP) is 3.65. The number of nitrogens with two attached hydrogens (primary N) is 1. The Morgan fingerprint density at radius 1 is 1.31 bits per heavy atom. The van der Waals surface area contributed by atoms with Gasteiger partial charge >= 0.3 is 0 Å². The number of benzene rings is 1. The quantitative estimate of drug-likeness (QED) is 0.903. The van der Waals surface area contributed by atoms with E-state index < -0.39 is 0 Å². The van der Waals surface area contributed by atoms with E-state index in [9.17, 15) is 4.79 Å². The molecule has 0 saturated carbocycles. The number of Topliss-reactive ketones (excluding diaryl/α,β-unsaturated/α-hetero) is 1. The van der Waals surface area contributed by atoms with Crippen LogP contribution in [0.15, 0.2) is 18.2 Å². The smallest absolute Gasteiger partial charge is 0.138 e. The first-order valence-electron chi connectivity index (χ1n) is 5.21. The van der Waals surface area contributed by atoms with Gasteiger partial charge in [-0.2, -0.15) is 0 Å². The highest BCUT2D eigenvalue weighted by atomic mass is 35.5. The van der Waals surface area contributed by atoms with Crippen molar-refractivity contribution in [2.45, 2.75) is 26.7 Å². The zero-order chi connectivity index (χ0) is 12.7. The maximum absolute atomic E-state index is 11.2. The molecule has 0 fully saturated rings. The lowest BCUT2D eigenvalue weighted by Gasteiger charge is -2.11. The number of hydrogen-bond acceptors (Lipinski definition) is 2. The molecule has 0 aliphatic carbocycles. The van der Waals surface area contributed by atoms with Gasteiger partial charge in [-0.15, -0.1) is 0 Å². The molecule has 4 heteroatoms. The Morgan fingerprint density at radius 3 is 2.25 bits per heavy atom. The van der Waals surface area contributed by atoms with Gasteiger partial charge in [-0.25, -0.2) is 0 Å². The van der Waals surface area contributed by atoms with E-state index in [0.29, 0.717) is 10.0 Å². The minimum atomic E-state index is -0.287. The minimum absolute atomic E-state index is 0.0332. The van der Waals surface area contributed by atoms with E-state index in [-0.39, 0.29) is 18.2 Å². The molecule has 0 aliphatic rings. The Bertz CT molecular complexity index is 353. The number of carbonyl (C=O) groups is 1. The van der Waals surface area contributed by atoms with E-state index in [1.54, 1.807) is 18.2 Å². The van der Waals surface area contributed by atoms with Crippen LogP contribution < -0.4 is 5.73 Å². The topological polar surface area (TPSA) is 43.1 Å². The minimum Gasteiger partial charge on any atom is -0.329 e. The van der Waals surface area contributed by atoms with Gasteiger partial charge < -0.3 is 5.73 Å². The fourth-order valence-electron chi connectivity index (χ4n) is 1.27. The van der Waals surface area contributed by atoms with Gasteiger partial charge in [0.2, 0.25) is 0 Å². The van der Waals surface area contributed by atoms with Crippen LogP contribution in [-0.4, -0.2) is 12.3 Å². The first-order chi connectivity index (χ1) is 7.56. The predicted molar refractivity (Wildman–Crippen MR) is 70.3 cm³/mol. The molecule has 0 saturated heterocycles. The second-order valence-electron chi connectivity index (χ2n) is 3.07. The number of ketones is 1. The fraction of sp³-hybridized carbons (Fsp3) is 0.417. The molecule has 0 radical (unpaired) electrons. The van der Waals surface area contributed by atoms with Crippen LogP contribution in [0.25, 0.3) is 0 Å². The summed E-state index contributed by atoms with van der Waals surface area (Å²) in [4.78, 5) is 11.2. The van der Waals surface area contributed by atoms with Crippen LogP contribution in [-0.2, 0) is 4.79 Å². The Kier molecular flexibility index (Phi) is 7.39. The number of hydrogen-bond donors (Lipinski definition) is 1. The van der Waals surface area contributed by atoms with Gasteiger partial charge in [0.1, 0.15) is 5.78 Å². The van der Waals surface area contributed by atoms with Crippen LogP contribution in [0.5, 0.6) is 0 Å². The van der Waals surface area contributed by atoms with Crippen molar-refractivity contribution in [2.75, 3.05) is 6.54 Å². The van der Waals surface area contributed by atoms with E-state index >= 15 is 0 Å². The average Bonchev–Trinajstić information content (AvgIpc) is 2.26. The zero-order valence-electron chi connectivity index (χ0n) is 9.76. The van der Waals surface area contributed by atoms with Crippen LogP contribution in [0, 0.1) is 0 Å². The summed E-state index contributed by atoms with van der Waals surface area (Å²) in [6.07, 6.45) is 0. The molecule has 90 valence electrons. The Hall–Kier alpha value is -0.570. The van der Waals surface area contributed by atoms with Crippen LogP contribution in [0.3, 0.4) is 0 Å². The maximum Gasteiger partial charge on any atom is 0.138 e. The summed E-state index contributed by atoms with van der Waals surface area (Å²) < 4.78 is 0. The molecular weight excluding hydrogens is 245 g/mol. The Morgan fingerprint density at radius 2 is 1.88 bits per heavy atom. The van der Waals surface area contributed by atoms with Gasteiger partial charge in [0, 0.05) is 6.54 Å². The SMILES string of the molecule is CC.CC(=O)C(CN)c1ccc(Cl)c(Cl)c1. The van der Waals surface area contributed by atoms with Crippen LogP contribution >= 0.6 is 23.2 Å². The molecular formula is C12H17Cl2NO. The van der Waals surface area contributed by atoms with E-state index in [1.807, 2.05) is 13.8 Å². The fourth-order valence-corrected chi connectivity index (χ4v) is 1.57. The molecule has 0 amide bonds. The highest BCUT2D eigenvalue weighted by Gasteiger charge is 2.15. The molecule has 2 N–H and O–H groups in total. The van der Waals surface area contributed by atoms with Crippen molar-refractivity contribution in [1.82, 2.24) is 0 Å². The summed E-state index contributed by atoms with van der Waals surface area (Å²) in [5.74, 6) is -0.254. The molecule has 1 unspecified atom stereocenters. The zero-order valence-corrected chi connectivity index (χ0v) is 11.3. The lowest BCUT2D eigenvalue weighted by molar-refractivity contribution is -0.118. The standard InChI is InChI=1S/C10H11Cl2NO.C2H6/c1-6(14)8(5-13)7-2-3-9(11)10(12)4-7;1-2/h2-4,8H,5,13H2,1H3;1-2H3. The van der Waals surface area contributed by atoms with Crippen LogP contribution in [0.2, 0.25) is 10.0 Å². The third-order valence-corrected chi connectivity index (χ3v) is 2.81. The second kappa shape index (κ2) is 7.66. The van der Waals surface area contributed by atoms with E-state index in [1.165, 1.54) is 6.92 Å². The third kappa shape index (κ3) is 4.12. The Labute approximate surface area is 107 Å². The first-order valence-corrected chi connectivity index (χ1v) is 5.97. The van der Waals surface area contributed by atoms with Gasteiger partial charge in [0.25, 0.3) is 0 Å². The number of rotatable bonds is 3. The highest BCUT2D eigenvalue weighted by Crippen LogP contribution is 2.26. The number of halogens is 2. The van der Waals surface area contributed by atoms with Crippen molar-refractivity contribution in [3.05, 3.63) is 33.8 Å². The van der Waals surface area contributed by atoms with Crippen LogP contribution in [0.4, 0.5) is 0 Å². The van der Waals surface area contributed by atoms with Gasteiger partial charge in [-0.1, -0.05) is 43.1 Å². The Balaban J connectivity index is 0.00000106. The summed E-state index contributed by atoms with van der Waals surface area (Å²) in [7, 11) is 0. The molecule has 0 spiro atoms.